The molecule has 0 bridgehead atoms. The zero-order valence-electron chi connectivity index (χ0n) is 5.06. The van der Waals surface area contributed by atoms with E-state index in [2.05, 4.69) is 4.40 Å². The lowest BCUT2D eigenvalue weighted by atomic mass is 10.3. The maximum atomic E-state index is 12.3. The molecule has 0 saturated heterocycles. The standard InChI is InChI=1S/C3F5NS3/c4-2(5,3(6,7)8)1-9-11-12-10-1/q+1. The molecule has 1 aliphatic rings. The summed E-state index contributed by atoms with van der Waals surface area (Å²) in [6.07, 6.45) is -5.55. The number of halogens is 5. The molecule has 0 fully saturated rings. The molecule has 12 heavy (non-hydrogen) atoms. The lowest BCUT2D eigenvalue weighted by Crippen LogP contribution is -2.43. The van der Waals surface area contributed by atoms with Crippen molar-refractivity contribution in [1.82, 2.24) is 4.40 Å². The van der Waals surface area contributed by atoms with Gasteiger partial charge in [0.1, 0.15) is 4.40 Å². The monoisotopic (exact) mass is 241 g/mol. The molecule has 0 spiro atoms. The molecule has 9 heteroatoms. The number of alkyl halides is 5. The maximum Gasteiger partial charge on any atom is 0.465 e. The Hall–Kier alpha value is 0.370. The van der Waals surface area contributed by atoms with E-state index in [-0.39, 0.29) is 0 Å². The van der Waals surface area contributed by atoms with Gasteiger partial charge in [-0.1, -0.05) is 0 Å². The second-order valence-electron chi connectivity index (χ2n) is 1.69. The molecular weight excluding hydrogens is 241 g/mol. The highest BCUT2D eigenvalue weighted by Gasteiger charge is 2.68. The molecular formula is C3F5NS3+. The van der Waals surface area contributed by atoms with Crippen LogP contribution >= 0.6 is 31.6 Å². The molecule has 0 aromatic rings. The highest BCUT2D eigenvalue weighted by Crippen LogP contribution is 2.48. The largest absolute Gasteiger partial charge is 0.465 e. The van der Waals surface area contributed by atoms with Gasteiger partial charge in [0.25, 0.3) is 0 Å². The normalized spacial score (nSPS) is 19.6. The first-order valence-electron chi connectivity index (χ1n) is 2.39. The molecule has 0 amide bonds. The van der Waals surface area contributed by atoms with E-state index in [0.29, 0.717) is 21.8 Å². The second kappa shape index (κ2) is 3.26. The summed E-state index contributed by atoms with van der Waals surface area (Å²) in [5.74, 6) is -4.81. The summed E-state index contributed by atoms with van der Waals surface area (Å²) in [5, 5.41) is -1.19. The summed E-state index contributed by atoms with van der Waals surface area (Å²) in [7, 11) is 1.72. The summed E-state index contributed by atoms with van der Waals surface area (Å²) >= 11 is 0. The van der Waals surface area contributed by atoms with Gasteiger partial charge < -0.3 is 0 Å². The van der Waals surface area contributed by atoms with Crippen LogP contribution in [0, 0.1) is 0 Å². The van der Waals surface area contributed by atoms with Crippen molar-refractivity contribution in [2.24, 2.45) is 0 Å². The average Bonchev–Trinajstić information content (AvgIpc) is 2.34. The van der Waals surface area contributed by atoms with Gasteiger partial charge in [0.15, 0.2) is 0 Å². The van der Waals surface area contributed by atoms with Crippen molar-refractivity contribution < 1.29 is 22.0 Å². The third kappa shape index (κ3) is 1.82. The highest BCUT2D eigenvalue weighted by molar-refractivity contribution is 9.13. The molecule has 0 saturated carbocycles. The van der Waals surface area contributed by atoms with Crippen molar-refractivity contribution in [3.8, 4) is 0 Å². The minimum Gasteiger partial charge on any atom is -0.183 e. The van der Waals surface area contributed by atoms with Crippen molar-refractivity contribution in [3.63, 3.8) is 0 Å². The van der Waals surface area contributed by atoms with Crippen LogP contribution in [-0.4, -0.2) is 17.1 Å². The summed E-state index contributed by atoms with van der Waals surface area (Å²) in [5.41, 5.74) is 0. The Kier molecular flexibility index (Phi) is 2.84. The Morgan fingerprint density at radius 3 is 2.00 bits per heavy atom. The van der Waals surface area contributed by atoms with Crippen molar-refractivity contribution in [2.45, 2.75) is 12.1 Å². The molecule has 69 valence electrons. The lowest BCUT2D eigenvalue weighted by Gasteiger charge is -2.12. The fraction of sp³-hybridized carbons (Fsp3) is 0.667. The van der Waals surface area contributed by atoms with Crippen LogP contribution in [0.25, 0.3) is 0 Å². The third-order valence-electron chi connectivity index (χ3n) is 0.888. The SMILES string of the molecule is FC(F)(F)C(F)(F)C1=[N+]SSS1. The first-order chi connectivity index (χ1) is 5.36. The zero-order valence-corrected chi connectivity index (χ0v) is 7.51. The fourth-order valence-corrected chi connectivity index (χ4v) is 3.56. The smallest absolute Gasteiger partial charge is 0.183 e. The number of hydrogen-bond acceptors (Lipinski definition) is 4. The number of rotatable bonds is 1. The predicted molar refractivity (Wildman–Crippen MR) is 40.9 cm³/mol. The van der Waals surface area contributed by atoms with Gasteiger partial charge in [-0.3, -0.25) is 0 Å². The molecule has 0 aromatic heterocycles. The summed E-state index contributed by atoms with van der Waals surface area (Å²) < 4.78 is 62.5. The zero-order chi connectivity index (χ0) is 9.41. The molecule has 0 N–H and O–H groups in total. The van der Waals surface area contributed by atoms with Crippen LogP contribution in [0.5, 0.6) is 0 Å². The van der Waals surface area contributed by atoms with Gasteiger partial charge in [-0.05, 0) is 0 Å². The van der Waals surface area contributed by atoms with Crippen molar-refractivity contribution >= 4 is 36.6 Å². The molecule has 1 nitrogen and oxygen atoms in total. The van der Waals surface area contributed by atoms with Crippen LogP contribution in [0.3, 0.4) is 0 Å². The van der Waals surface area contributed by atoms with E-state index in [1.54, 1.807) is 0 Å². The average molecular weight is 241 g/mol. The first-order valence-corrected chi connectivity index (χ1v) is 5.83. The third-order valence-corrected chi connectivity index (χ3v) is 4.14. The summed E-state index contributed by atoms with van der Waals surface area (Å²) in [6, 6.07) is 0. The maximum absolute atomic E-state index is 12.3. The highest BCUT2D eigenvalue weighted by atomic mass is 33.5. The molecule has 1 aliphatic heterocycles. The van der Waals surface area contributed by atoms with Crippen molar-refractivity contribution in [2.75, 3.05) is 0 Å². The topological polar surface area (TPSA) is 14.1 Å². The molecule has 0 unspecified atom stereocenters. The quantitative estimate of drug-likeness (QED) is 0.398. The fourth-order valence-electron chi connectivity index (χ4n) is 0.343. The second-order valence-corrected chi connectivity index (χ2v) is 5.30. The molecule has 0 aromatic carbocycles. The van der Waals surface area contributed by atoms with Crippen molar-refractivity contribution in [1.29, 1.82) is 0 Å². The lowest BCUT2D eigenvalue weighted by molar-refractivity contribution is -0.247. The van der Waals surface area contributed by atoms with Gasteiger partial charge in [0, 0.05) is 10.8 Å². The number of hydrogen-bond donors (Lipinski definition) is 0. The van der Waals surface area contributed by atoms with Gasteiger partial charge in [-0.25, -0.2) is 0 Å². The van der Waals surface area contributed by atoms with Gasteiger partial charge >= 0.3 is 28.1 Å². The van der Waals surface area contributed by atoms with Gasteiger partial charge in [0.2, 0.25) is 0 Å². The van der Waals surface area contributed by atoms with E-state index >= 15 is 0 Å². The summed E-state index contributed by atoms with van der Waals surface area (Å²) in [6.45, 7) is 0. The van der Waals surface area contributed by atoms with Crippen LogP contribution in [-0.2, 0) is 0 Å². The van der Waals surface area contributed by atoms with Crippen LogP contribution in [0.15, 0.2) is 0 Å². The van der Waals surface area contributed by atoms with E-state index in [1.807, 2.05) is 0 Å². The summed E-state index contributed by atoms with van der Waals surface area (Å²) in [4.78, 5) is 0. The van der Waals surface area contributed by atoms with Crippen LogP contribution < -0.4 is 4.40 Å². The molecule has 1 radical (unpaired) electrons. The van der Waals surface area contributed by atoms with E-state index in [4.69, 9.17) is 0 Å². The Morgan fingerprint density at radius 1 is 1.08 bits per heavy atom. The molecule has 1 heterocycles. The number of nitrogens with zero attached hydrogens (tertiary/aromatic N) is 1. The van der Waals surface area contributed by atoms with Crippen LogP contribution in [0.2, 0.25) is 0 Å². The minimum absolute atomic E-state index is 0.336. The van der Waals surface area contributed by atoms with E-state index in [0.717, 1.165) is 9.83 Å². The minimum atomic E-state index is -5.55. The van der Waals surface area contributed by atoms with Crippen molar-refractivity contribution in [3.05, 3.63) is 0 Å². The Morgan fingerprint density at radius 2 is 1.67 bits per heavy atom. The van der Waals surface area contributed by atoms with Gasteiger partial charge in [-0.2, -0.15) is 22.0 Å². The van der Waals surface area contributed by atoms with E-state index in [9.17, 15) is 22.0 Å². The van der Waals surface area contributed by atoms with Crippen LogP contribution in [0.1, 0.15) is 0 Å². The predicted octanol–water partition coefficient (Wildman–Crippen LogP) is 2.88. The van der Waals surface area contributed by atoms with E-state index in [1.165, 1.54) is 0 Å². The molecule has 0 aliphatic carbocycles. The van der Waals surface area contributed by atoms with Gasteiger partial charge in [-0.15, -0.1) is 0 Å². The Labute approximate surface area is 75.5 Å². The van der Waals surface area contributed by atoms with E-state index < -0.39 is 17.1 Å². The Bertz CT molecular complexity index is 210. The van der Waals surface area contributed by atoms with Gasteiger partial charge in [0.05, 0.1) is 9.83 Å². The first kappa shape index (κ1) is 10.5. The molecule has 0 atom stereocenters. The Balaban J connectivity index is 2.84. The molecule has 1 rings (SSSR count). The van der Waals surface area contributed by atoms with Crippen LogP contribution in [0.4, 0.5) is 22.0 Å².